The molecule has 182 valence electrons. The monoisotopic (exact) mass is 489 g/mol. The summed E-state index contributed by atoms with van der Waals surface area (Å²) in [7, 11) is 0. The highest BCUT2D eigenvalue weighted by Crippen LogP contribution is 2.35. The van der Waals surface area contributed by atoms with Gasteiger partial charge < -0.3 is 19.9 Å². The Kier molecular flexibility index (Phi) is 6.77. The number of aryl methyl sites for hydroxylation is 2. The number of benzene rings is 2. The minimum absolute atomic E-state index is 0.0359. The number of ether oxygens (including phenoxy) is 1. The predicted octanol–water partition coefficient (Wildman–Crippen LogP) is 5.57. The summed E-state index contributed by atoms with van der Waals surface area (Å²) in [6.45, 7) is 5.13. The van der Waals surface area contributed by atoms with Crippen LogP contribution >= 0.6 is 11.3 Å². The number of urea groups is 1. The molecule has 6 nitrogen and oxygen atoms in total. The molecule has 0 saturated heterocycles. The Morgan fingerprint density at radius 3 is 2.60 bits per heavy atom. The number of nitrogens with one attached hydrogen (secondary N) is 1. The Morgan fingerprint density at radius 1 is 1.09 bits per heavy atom. The molecular formula is C28H31N3O3S. The second-order valence-electron chi connectivity index (χ2n) is 9.38. The molecule has 1 aliphatic heterocycles. The van der Waals surface area contributed by atoms with Crippen LogP contribution in [-0.4, -0.2) is 47.5 Å². The molecule has 2 aromatic carbocycles. The van der Waals surface area contributed by atoms with Gasteiger partial charge in [0.15, 0.2) is 0 Å². The van der Waals surface area contributed by atoms with Crippen LogP contribution in [-0.2, 0) is 11.2 Å². The number of thiophene rings is 1. The number of hydrogen-bond acceptors (Lipinski definition) is 4. The van der Waals surface area contributed by atoms with Crippen LogP contribution in [0.25, 0.3) is 0 Å². The predicted molar refractivity (Wildman–Crippen MR) is 139 cm³/mol. The molecule has 1 unspecified atom stereocenters. The standard InChI is InChI=1S/C28H31N3O3S/c1-19-7-9-21(10-8-19)29-28(33)31(22-11-12-22)17-27(32)30-15-13-26-23(14-16-35-26)24(30)18-34-25-6-4-3-5-20(25)2/h3-10,14,16,22,24H,11-13,15,17-18H2,1-2H3,(H,29,33). The maximum atomic E-state index is 13.6. The van der Waals surface area contributed by atoms with E-state index < -0.39 is 0 Å². The molecule has 1 saturated carbocycles. The summed E-state index contributed by atoms with van der Waals surface area (Å²) in [5, 5.41) is 5.06. The van der Waals surface area contributed by atoms with E-state index in [1.54, 1.807) is 16.2 Å². The van der Waals surface area contributed by atoms with Crippen molar-refractivity contribution in [2.45, 2.75) is 45.2 Å². The van der Waals surface area contributed by atoms with Crippen molar-refractivity contribution in [3.63, 3.8) is 0 Å². The Labute approximate surface area is 210 Å². The zero-order valence-electron chi connectivity index (χ0n) is 20.2. The van der Waals surface area contributed by atoms with Crippen molar-refractivity contribution >= 4 is 29.0 Å². The minimum atomic E-state index is -0.217. The third-order valence-corrected chi connectivity index (χ3v) is 7.76. The fourth-order valence-corrected chi connectivity index (χ4v) is 5.51. The van der Waals surface area contributed by atoms with Gasteiger partial charge in [0.05, 0.1) is 6.04 Å². The van der Waals surface area contributed by atoms with Crippen LogP contribution in [0.4, 0.5) is 10.5 Å². The Hall–Kier alpha value is -3.32. The van der Waals surface area contributed by atoms with E-state index >= 15 is 0 Å². The molecule has 7 heteroatoms. The van der Waals surface area contributed by atoms with Crippen LogP contribution in [0.3, 0.4) is 0 Å². The largest absolute Gasteiger partial charge is 0.491 e. The van der Waals surface area contributed by atoms with Crippen LogP contribution < -0.4 is 10.1 Å². The highest BCUT2D eigenvalue weighted by molar-refractivity contribution is 7.10. The average molecular weight is 490 g/mol. The van der Waals surface area contributed by atoms with E-state index in [1.807, 2.05) is 67.3 Å². The number of carbonyl (C=O) groups is 2. The van der Waals surface area contributed by atoms with Crippen molar-refractivity contribution in [1.82, 2.24) is 9.80 Å². The average Bonchev–Trinajstić information content (AvgIpc) is 3.58. The van der Waals surface area contributed by atoms with Gasteiger partial charge in [0.2, 0.25) is 5.91 Å². The highest BCUT2D eigenvalue weighted by atomic mass is 32.1. The summed E-state index contributed by atoms with van der Waals surface area (Å²) >= 11 is 1.74. The summed E-state index contributed by atoms with van der Waals surface area (Å²) in [4.78, 5) is 31.6. The van der Waals surface area contributed by atoms with Gasteiger partial charge in [-0.1, -0.05) is 35.9 Å². The molecule has 1 aliphatic carbocycles. The fourth-order valence-electron chi connectivity index (χ4n) is 4.58. The molecule has 2 heterocycles. The second kappa shape index (κ2) is 10.1. The van der Waals surface area contributed by atoms with Crippen molar-refractivity contribution in [3.8, 4) is 5.75 Å². The van der Waals surface area contributed by atoms with Gasteiger partial charge in [-0.15, -0.1) is 11.3 Å². The lowest BCUT2D eigenvalue weighted by Crippen LogP contribution is -2.49. The van der Waals surface area contributed by atoms with E-state index in [4.69, 9.17) is 4.74 Å². The summed E-state index contributed by atoms with van der Waals surface area (Å²) in [6, 6.07) is 17.5. The number of para-hydroxylation sites is 1. The maximum absolute atomic E-state index is 13.6. The normalized spacial score (nSPS) is 17.0. The number of hydrogen-bond donors (Lipinski definition) is 1. The fraction of sp³-hybridized carbons (Fsp3) is 0.357. The van der Waals surface area contributed by atoms with Crippen molar-refractivity contribution in [2.24, 2.45) is 0 Å². The van der Waals surface area contributed by atoms with Gasteiger partial charge in [-0.05, 0) is 73.9 Å². The van der Waals surface area contributed by atoms with E-state index in [0.29, 0.717) is 13.2 Å². The van der Waals surface area contributed by atoms with Gasteiger partial charge in [-0.25, -0.2) is 4.79 Å². The molecule has 0 bridgehead atoms. The molecule has 0 spiro atoms. The minimum Gasteiger partial charge on any atom is -0.491 e. The van der Waals surface area contributed by atoms with Crippen molar-refractivity contribution in [2.75, 3.05) is 25.0 Å². The van der Waals surface area contributed by atoms with Crippen LogP contribution in [0.5, 0.6) is 5.75 Å². The van der Waals surface area contributed by atoms with Crippen LogP contribution in [0.2, 0.25) is 0 Å². The molecule has 1 aromatic heterocycles. The SMILES string of the molecule is Cc1ccc(NC(=O)N(CC(=O)N2CCc3sccc3C2COc2ccccc2C)C2CC2)cc1. The molecule has 3 aromatic rings. The lowest BCUT2D eigenvalue weighted by Gasteiger charge is -2.37. The zero-order chi connectivity index (χ0) is 24.4. The Balaban J connectivity index is 1.30. The van der Waals surface area contributed by atoms with Crippen molar-refractivity contribution in [3.05, 3.63) is 81.5 Å². The topological polar surface area (TPSA) is 61.9 Å². The number of fused-ring (bicyclic) bond motifs is 1. The van der Waals surface area contributed by atoms with E-state index in [1.165, 1.54) is 4.88 Å². The van der Waals surface area contributed by atoms with Gasteiger partial charge in [-0.2, -0.15) is 0 Å². The number of carbonyl (C=O) groups excluding carboxylic acids is 2. The first-order valence-corrected chi connectivity index (χ1v) is 13.1. The molecule has 5 rings (SSSR count). The van der Waals surface area contributed by atoms with Crippen LogP contribution in [0.1, 0.15) is 40.5 Å². The number of anilines is 1. The summed E-state index contributed by atoms with van der Waals surface area (Å²) in [6.07, 6.45) is 2.70. The van der Waals surface area contributed by atoms with Gasteiger partial charge in [0.25, 0.3) is 0 Å². The van der Waals surface area contributed by atoms with Crippen molar-refractivity contribution in [1.29, 1.82) is 0 Å². The molecule has 0 radical (unpaired) electrons. The van der Waals surface area contributed by atoms with Crippen LogP contribution in [0, 0.1) is 13.8 Å². The number of nitrogens with zero attached hydrogens (tertiary/aromatic N) is 2. The summed E-state index contributed by atoms with van der Waals surface area (Å²) in [5.41, 5.74) is 4.10. The first-order valence-electron chi connectivity index (χ1n) is 12.2. The summed E-state index contributed by atoms with van der Waals surface area (Å²) < 4.78 is 6.20. The molecule has 1 fully saturated rings. The van der Waals surface area contributed by atoms with Gasteiger partial charge >= 0.3 is 6.03 Å². The van der Waals surface area contributed by atoms with E-state index in [0.717, 1.165) is 47.4 Å². The molecular weight excluding hydrogens is 458 g/mol. The molecule has 2 aliphatic rings. The zero-order valence-corrected chi connectivity index (χ0v) is 21.0. The van der Waals surface area contributed by atoms with E-state index in [2.05, 4.69) is 16.8 Å². The summed E-state index contributed by atoms with van der Waals surface area (Å²) in [5.74, 6) is 0.797. The quantitative estimate of drug-likeness (QED) is 0.472. The van der Waals surface area contributed by atoms with Gasteiger partial charge in [-0.3, -0.25) is 4.79 Å². The highest BCUT2D eigenvalue weighted by Gasteiger charge is 2.38. The van der Waals surface area contributed by atoms with Crippen molar-refractivity contribution < 1.29 is 14.3 Å². The lowest BCUT2D eigenvalue weighted by atomic mass is 10.0. The maximum Gasteiger partial charge on any atom is 0.322 e. The Morgan fingerprint density at radius 2 is 1.86 bits per heavy atom. The number of amides is 3. The van der Waals surface area contributed by atoms with E-state index in [9.17, 15) is 9.59 Å². The Bertz CT molecular complexity index is 1200. The lowest BCUT2D eigenvalue weighted by molar-refractivity contribution is -0.135. The molecule has 1 N–H and O–H groups in total. The molecule has 35 heavy (non-hydrogen) atoms. The van der Waals surface area contributed by atoms with E-state index in [-0.39, 0.29) is 30.6 Å². The second-order valence-corrected chi connectivity index (χ2v) is 10.4. The molecule has 3 amide bonds. The van der Waals surface area contributed by atoms with Gasteiger partial charge in [0, 0.05) is 23.2 Å². The smallest absolute Gasteiger partial charge is 0.322 e. The first kappa shape index (κ1) is 23.4. The first-order chi connectivity index (χ1) is 17.0. The van der Waals surface area contributed by atoms with Gasteiger partial charge in [0.1, 0.15) is 18.9 Å². The third-order valence-electron chi connectivity index (χ3n) is 6.76. The van der Waals surface area contributed by atoms with Crippen LogP contribution in [0.15, 0.2) is 60.0 Å². The third kappa shape index (κ3) is 5.35. The number of rotatable bonds is 7. The molecule has 1 atom stereocenters.